The molecule has 4 nitrogen and oxygen atoms in total. The highest BCUT2D eigenvalue weighted by Gasteiger charge is 2.16. The third-order valence-corrected chi connectivity index (χ3v) is 6.13. The van der Waals surface area contributed by atoms with Gasteiger partial charge < -0.3 is 4.57 Å². The van der Waals surface area contributed by atoms with Crippen molar-refractivity contribution in [3.8, 4) is 17.5 Å². The summed E-state index contributed by atoms with van der Waals surface area (Å²) in [6, 6.07) is 16.6. The van der Waals surface area contributed by atoms with Gasteiger partial charge in [-0.1, -0.05) is 36.0 Å². The maximum absolute atomic E-state index is 8.91. The first-order valence-electron chi connectivity index (χ1n) is 9.45. The molecule has 0 bridgehead atoms. The third kappa shape index (κ3) is 3.77. The SMILES string of the molecule is CCn1c(SCc2ccc(C#N)cc2)nnc1-c1ccc2c(c1)CCCC2. The van der Waals surface area contributed by atoms with Crippen molar-refractivity contribution < 1.29 is 0 Å². The minimum Gasteiger partial charge on any atom is -0.302 e. The Morgan fingerprint density at radius 2 is 1.81 bits per heavy atom. The maximum Gasteiger partial charge on any atom is 0.191 e. The zero-order chi connectivity index (χ0) is 18.6. The number of aromatic nitrogens is 3. The molecule has 0 unspecified atom stereocenters. The zero-order valence-electron chi connectivity index (χ0n) is 15.5. The molecule has 5 heteroatoms. The van der Waals surface area contributed by atoms with Gasteiger partial charge in [-0.2, -0.15) is 5.26 Å². The summed E-state index contributed by atoms with van der Waals surface area (Å²) in [5, 5.41) is 18.8. The van der Waals surface area contributed by atoms with Gasteiger partial charge in [0.2, 0.25) is 0 Å². The molecule has 0 saturated carbocycles. The highest BCUT2D eigenvalue weighted by molar-refractivity contribution is 7.98. The largest absolute Gasteiger partial charge is 0.302 e. The van der Waals surface area contributed by atoms with Crippen LogP contribution in [0.25, 0.3) is 11.4 Å². The molecule has 27 heavy (non-hydrogen) atoms. The monoisotopic (exact) mass is 374 g/mol. The van der Waals surface area contributed by atoms with Crippen molar-refractivity contribution in [2.75, 3.05) is 0 Å². The van der Waals surface area contributed by atoms with Gasteiger partial charge in [-0.15, -0.1) is 10.2 Å². The first kappa shape index (κ1) is 17.8. The molecule has 0 N–H and O–H groups in total. The van der Waals surface area contributed by atoms with Crippen LogP contribution in [0.5, 0.6) is 0 Å². The van der Waals surface area contributed by atoms with E-state index in [9.17, 15) is 0 Å². The van der Waals surface area contributed by atoms with Crippen molar-refractivity contribution in [1.29, 1.82) is 5.26 Å². The summed E-state index contributed by atoms with van der Waals surface area (Å²) < 4.78 is 2.19. The van der Waals surface area contributed by atoms with Crippen molar-refractivity contribution in [3.63, 3.8) is 0 Å². The lowest BCUT2D eigenvalue weighted by Gasteiger charge is -2.16. The molecule has 0 atom stereocenters. The predicted molar refractivity (Wildman–Crippen MR) is 108 cm³/mol. The van der Waals surface area contributed by atoms with Gasteiger partial charge in [0, 0.05) is 17.9 Å². The molecule has 1 aromatic heterocycles. The number of benzene rings is 2. The number of hydrogen-bond acceptors (Lipinski definition) is 4. The van der Waals surface area contributed by atoms with E-state index in [1.54, 1.807) is 11.8 Å². The Bertz CT molecular complexity index is 983. The molecule has 4 rings (SSSR count). The molecule has 0 amide bonds. The first-order valence-corrected chi connectivity index (χ1v) is 10.4. The summed E-state index contributed by atoms with van der Waals surface area (Å²) in [6.45, 7) is 2.98. The Morgan fingerprint density at radius 1 is 1.04 bits per heavy atom. The van der Waals surface area contributed by atoms with E-state index in [4.69, 9.17) is 5.26 Å². The van der Waals surface area contributed by atoms with Gasteiger partial charge in [-0.05, 0) is 67.5 Å². The second kappa shape index (κ2) is 7.98. The maximum atomic E-state index is 8.91. The normalized spacial score (nSPS) is 13.2. The topological polar surface area (TPSA) is 54.5 Å². The van der Waals surface area contributed by atoms with E-state index in [2.05, 4.69) is 46.0 Å². The number of fused-ring (bicyclic) bond motifs is 1. The Morgan fingerprint density at radius 3 is 2.56 bits per heavy atom. The van der Waals surface area contributed by atoms with Crippen LogP contribution in [0.15, 0.2) is 47.6 Å². The highest BCUT2D eigenvalue weighted by atomic mass is 32.2. The lowest BCUT2D eigenvalue weighted by atomic mass is 9.90. The molecular weight excluding hydrogens is 352 g/mol. The van der Waals surface area contributed by atoms with Gasteiger partial charge in [0.25, 0.3) is 0 Å². The molecule has 0 fully saturated rings. The number of rotatable bonds is 5. The zero-order valence-corrected chi connectivity index (χ0v) is 16.3. The van der Waals surface area contributed by atoms with Crippen LogP contribution >= 0.6 is 11.8 Å². The fraction of sp³-hybridized carbons (Fsp3) is 0.318. The van der Waals surface area contributed by atoms with Crippen molar-refractivity contribution in [2.24, 2.45) is 0 Å². The average Bonchev–Trinajstić information content (AvgIpc) is 3.15. The molecule has 3 aromatic rings. The summed E-state index contributed by atoms with van der Waals surface area (Å²) >= 11 is 1.69. The first-order chi connectivity index (χ1) is 13.3. The fourth-order valence-corrected chi connectivity index (χ4v) is 4.55. The molecule has 0 radical (unpaired) electrons. The van der Waals surface area contributed by atoms with Gasteiger partial charge in [0.1, 0.15) is 0 Å². The molecule has 1 aliphatic rings. The van der Waals surface area contributed by atoms with E-state index >= 15 is 0 Å². The molecule has 2 aromatic carbocycles. The van der Waals surface area contributed by atoms with Crippen molar-refractivity contribution >= 4 is 11.8 Å². The van der Waals surface area contributed by atoms with Crippen LogP contribution in [0.3, 0.4) is 0 Å². The van der Waals surface area contributed by atoms with E-state index in [0.29, 0.717) is 5.56 Å². The molecule has 136 valence electrons. The van der Waals surface area contributed by atoms with Crippen LogP contribution in [-0.2, 0) is 25.1 Å². The smallest absolute Gasteiger partial charge is 0.191 e. The summed E-state index contributed by atoms with van der Waals surface area (Å²) in [5.74, 6) is 1.77. The Kier molecular flexibility index (Phi) is 5.26. The number of nitriles is 1. The predicted octanol–water partition coefficient (Wildman–Crippen LogP) is 5.01. The number of thioether (sulfide) groups is 1. The highest BCUT2D eigenvalue weighted by Crippen LogP contribution is 2.29. The van der Waals surface area contributed by atoms with E-state index < -0.39 is 0 Å². The lowest BCUT2D eigenvalue weighted by molar-refractivity contribution is 0.681. The van der Waals surface area contributed by atoms with E-state index in [-0.39, 0.29) is 0 Å². The second-order valence-corrected chi connectivity index (χ2v) is 7.78. The summed E-state index contributed by atoms with van der Waals surface area (Å²) in [6.07, 6.45) is 4.95. The van der Waals surface area contributed by atoms with Crippen LogP contribution in [0, 0.1) is 11.3 Å². The van der Waals surface area contributed by atoms with Gasteiger partial charge in [0.15, 0.2) is 11.0 Å². The van der Waals surface area contributed by atoms with E-state index in [1.165, 1.54) is 42.4 Å². The van der Waals surface area contributed by atoms with Gasteiger partial charge >= 0.3 is 0 Å². The molecule has 0 aliphatic heterocycles. The molecule has 0 saturated heterocycles. The Hall–Kier alpha value is -2.58. The fourth-order valence-electron chi connectivity index (χ4n) is 3.59. The van der Waals surface area contributed by atoms with Crippen molar-refractivity contribution in [2.45, 2.75) is 50.1 Å². The second-order valence-electron chi connectivity index (χ2n) is 6.84. The molecule has 0 spiro atoms. The van der Waals surface area contributed by atoms with Crippen LogP contribution in [0.1, 0.15) is 42.0 Å². The summed E-state index contributed by atoms with van der Waals surface area (Å²) in [4.78, 5) is 0. The Balaban J connectivity index is 1.55. The number of hydrogen-bond donors (Lipinski definition) is 0. The van der Waals surface area contributed by atoms with Crippen LogP contribution in [0.2, 0.25) is 0 Å². The summed E-state index contributed by atoms with van der Waals surface area (Å²) in [7, 11) is 0. The van der Waals surface area contributed by atoms with Gasteiger partial charge in [0.05, 0.1) is 11.6 Å². The quantitative estimate of drug-likeness (QED) is 0.589. The lowest BCUT2D eigenvalue weighted by Crippen LogP contribution is -2.04. The van der Waals surface area contributed by atoms with Crippen LogP contribution in [-0.4, -0.2) is 14.8 Å². The number of aryl methyl sites for hydroxylation is 2. The van der Waals surface area contributed by atoms with Crippen LogP contribution in [0.4, 0.5) is 0 Å². The molecule has 1 heterocycles. The Labute approximate surface area is 164 Å². The minimum absolute atomic E-state index is 0.690. The standard InChI is InChI=1S/C22H22N4S/c1-2-26-21(20-12-11-18-5-3-4-6-19(18)13-20)24-25-22(26)27-15-17-9-7-16(14-23)8-10-17/h7-13H,2-6,15H2,1H3. The van der Waals surface area contributed by atoms with Crippen LogP contribution < -0.4 is 0 Å². The van der Waals surface area contributed by atoms with Gasteiger partial charge in [-0.3, -0.25) is 0 Å². The molecular formula is C22H22N4S. The van der Waals surface area contributed by atoms with Gasteiger partial charge in [-0.25, -0.2) is 0 Å². The van der Waals surface area contributed by atoms with E-state index in [1.807, 2.05) is 24.3 Å². The summed E-state index contributed by atoms with van der Waals surface area (Å²) in [5.41, 5.74) is 5.99. The number of nitrogens with zero attached hydrogens (tertiary/aromatic N) is 4. The van der Waals surface area contributed by atoms with Crippen molar-refractivity contribution in [3.05, 3.63) is 64.7 Å². The average molecular weight is 375 g/mol. The third-order valence-electron chi connectivity index (χ3n) is 5.09. The van der Waals surface area contributed by atoms with Crippen molar-refractivity contribution in [1.82, 2.24) is 14.8 Å². The molecule has 1 aliphatic carbocycles. The van der Waals surface area contributed by atoms with E-state index in [0.717, 1.165) is 28.8 Å². The minimum atomic E-state index is 0.690.